The van der Waals surface area contributed by atoms with Gasteiger partial charge in [0.15, 0.2) is 5.58 Å². The van der Waals surface area contributed by atoms with E-state index in [0.717, 1.165) is 37.3 Å². The number of aromatic hydroxyl groups is 1. The van der Waals surface area contributed by atoms with Gasteiger partial charge in [0.05, 0.1) is 23.6 Å². The first kappa shape index (κ1) is 17.8. The van der Waals surface area contributed by atoms with Crippen molar-refractivity contribution in [1.82, 2.24) is 0 Å². The maximum absolute atomic E-state index is 13.2. The normalized spacial score (nSPS) is 20.1. The Kier molecular flexibility index (Phi) is 4.72. The Morgan fingerprint density at radius 1 is 1.04 bits per heavy atom. The molecule has 4 rings (SSSR count). The van der Waals surface area contributed by atoms with E-state index in [1.807, 2.05) is 37.3 Å². The SMILES string of the molecule is Cc1oc2c(C[NH+]3CC[NH+](C)CC3)c(O)ccc2c(=O)c1-c1ccccc1. The Balaban J connectivity index is 1.82. The van der Waals surface area contributed by atoms with Crippen molar-refractivity contribution in [2.24, 2.45) is 0 Å². The van der Waals surface area contributed by atoms with E-state index in [1.54, 1.807) is 12.1 Å². The highest BCUT2D eigenvalue weighted by molar-refractivity contribution is 5.86. The molecule has 0 aliphatic carbocycles. The van der Waals surface area contributed by atoms with E-state index in [-0.39, 0.29) is 11.2 Å². The van der Waals surface area contributed by atoms with Crippen molar-refractivity contribution in [3.63, 3.8) is 0 Å². The molecule has 2 aromatic carbocycles. The van der Waals surface area contributed by atoms with Gasteiger partial charge in [-0.1, -0.05) is 30.3 Å². The number of quaternary nitrogens is 2. The Morgan fingerprint density at radius 3 is 2.44 bits per heavy atom. The number of phenolic OH excluding ortho intramolecular Hbond substituents is 1. The summed E-state index contributed by atoms with van der Waals surface area (Å²) in [4.78, 5) is 16.1. The maximum Gasteiger partial charge on any atom is 0.200 e. The number of nitrogens with one attached hydrogen (secondary N) is 2. The predicted octanol–water partition coefficient (Wildman–Crippen LogP) is 0.387. The topological polar surface area (TPSA) is 59.3 Å². The van der Waals surface area contributed by atoms with E-state index >= 15 is 0 Å². The van der Waals surface area contributed by atoms with Gasteiger partial charge in [-0.05, 0) is 24.6 Å². The molecular formula is C22H26N2O3+2. The van der Waals surface area contributed by atoms with Crippen LogP contribution in [0.15, 0.2) is 51.7 Å². The number of rotatable bonds is 3. The van der Waals surface area contributed by atoms with Gasteiger partial charge in [-0.2, -0.15) is 0 Å². The number of aryl methyl sites for hydroxylation is 1. The highest BCUT2D eigenvalue weighted by atomic mass is 16.3. The van der Waals surface area contributed by atoms with Crippen LogP contribution in [-0.4, -0.2) is 38.3 Å². The van der Waals surface area contributed by atoms with E-state index < -0.39 is 0 Å². The molecular weight excluding hydrogens is 340 g/mol. The zero-order chi connectivity index (χ0) is 19.0. The van der Waals surface area contributed by atoms with E-state index in [2.05, 4.69) is 7.05 Å². The Morgan fingerprint density at radius 2 is 1.74 bits per heavy atom. The van der Waals surface area contributed by atoms with Crippen molar-refractivity contribution in [1.29, 1.82) is 0 Å². The third-order valence-corrected chi connectivity index (χ3v) is 5.61. The minimum atomic E-state index is -0.0426. The lowest BCUT2D eigenvalue weighted by atomic mass is 10.0. The van der Waals surface area contributed by atoms with Crippen molar-refractivity contribution >= 4 is 11.0 Å². The molecule has 0 bridgehead atoms. The van der Waals surface area contributed by atoms with Crippen LogP contribution in [0.3, 0.4) is 0 Å². The maximum atomic E-state index is 13.2. The molecule has 5 heteroatoms. The molecule has 0 amide bonds. The molecule has 2 heterocycles. The summed E-state index contributed by atoms with van der Waals surface area (Å²) >= 11 is 0. The molecule has 1 aromatic heterocycles. The lowest BCUT2D eigenvalue weighted by Crippen LogP contribution is -3.26. The Hall–Kier alpha value is -2.63. The van der Waals surface area contributed by atoms with Crippen molar-refractivity contribution in [3.8, 4) is 16.9 Å². The fourth-order valence-corrected chi connectivity index (χ4v) is 3.98. The number of likely N-dealkylation sites (N-methyl/N-ethyl adjacent to an activating group) is 1. The second-order valence-electron chi connectivity index (χ2n) is 7.55. The fourth-order valence-electron chi connectivity index (χ4n) is 3.98. The molecule has 0 saturated carbocycles. The lowest BCUT2D eigenvalue weighted by Gasteiger charge is -2.27. The summed E-state index contributed by atoms with van der Waals surface area (Å²) in [6.07, 6.45) is 0. The smallest absolute Gasteiger partial charge is 0.200 e. The Labute approximate surface area is 158 Å². The van der Waals surface area contributed by atoms with Crippen LogP contribution in [0.25, 0.3) is 22.1 Å². The molecule has 5 nitrogen and oxygen atoms in total. The molecule has 1 aliphatic rings. The van der Waals surface area contributed by atoms with E-state index in [4.69, 9.17) is 4.42 Å². The number of piperazine rings is 1. The molecule has 1 fully saturated rings. The van der Waals surface area contributed by atoms with Gasteiger partial charge in [0.25, 0.3) is 0 Å². The van der Waals surface area contributed by atoms with Crippen molar-refractivity contribution in [2.45, 2.75) is 13.5 Å². The van der Waals surface area contributed by atoms with Gasteiger partial charge in [-0.25, -0.2) is 0 Å². The lowest BCUT2D eigenvalue weighted by molar-refractivity contribution is -1.01. The second-order valence-corrected chi connectivity index (χ2v) is 7.55. The summed E-state index contributed by atoms with van der Waals surface area (Å²) in [5.41, 5.74) is 2.67. The molecule has 0 radical (unpaired) electrons. The van der Waals surface area contributed by atoms with Gasteiger partial charge < -0.3 is 19.3 Å². The van der Waals surface area contributed by atoms with Crippen LogP contribution in [-0.2, 0) is 6.54 Å². The molecule has 1 saturated heterocycles. The largest absolute Gasteiger partial charge is 0.507 e. The molecule has 0 unspecified atom stereocenters. The van der Waals surface area contributed by atoms with Crippen molar-refractivity contribution in [2.75, 3.05) is 33.2 Å². The number of phenols is 1. The van der Waals surface area contributed by atoms with Crippen molar-refractivity contribution in [3.05, 3.63) is 64.0 Å². The van der Waals surface area contributed by atoms with Crippen LogP contribution < -0.4 is 15.2 Å². The van der Waals surface area contributed by atoms with Gasteiger partial charge in [0.2, 0.25) is 5.43 Å². The zero-order valence-corrected chi connectivity index (χ0v) is 15.8. The van der Waals surface area contributed by atoms with E-state index in [9.17, 15) is 9.90 Å². The summed E-state index contributed by atoms with van der Waals surface area (Å²) in [6, 6.07) is 12.9. The number of hydrogen-bond donors (Lipinski definition) is 3. The average Bonchev–Trinajstić information content (AvgIpc) is 2.67. The molecule has 1 aliphatic heterocycles. The predicted molar refractivity (Wildman–Crippen MR) is 105 cm³/mol. The van der Waals surface area contributed by atoms with Crippen molar-refractivity contribution < 1.29 is 19.3 Å². The zero-order valence-electron chi connectivity index (χ0n) is 15.8. The van der Waals surface area contributed by atoms with Crippen LogP contribution >= 0.6 is 0 Å². The van der Waals surface area contributed by atoms with Gasteiger partial charge in [-0.15, -0.1) is 0 Å². The molecule has 3 N–H and O–H groups in total. The van der Waals surface area contributed by atoms with E-state index in [0.29, 0.717) is 28.8 Å². The van der Waals surface area contributed by atoms with Crippen LogP contribution in [0.4, 0.5) is 0 Å². The van der Waals surface area contributed by atoms with Gasteiger partial charge in [0.1, 0.15) is 44.2 Å². The van der Waals surface area contributed by atoms with Gasteiger partial charge in [-0.3, -0.25) is 4.79 Å². The summed E-state index contributed by atoms with van der Waals surface area (Å²) in [6.45, 7) is 6.82. The summed E-state index contributed by atoms with van der Waals surface area (Å²) in [7, 11) is 2.21. The number of hydrogen-bond acceptors (Lipinski definition) is 3. The molecule has 0 atom stereocenters. The number of fused-ring (bicyclic) bond motifs is 1. The summed E-state index contributed by atoms with van der Waals surface area (Å²) < 4.78 is 6.12. The number of benzene rings is 2. The minimum absolute atomic E-state index is 0.0426. The highest BCUT2D eigenvalue weighted by Gasteiger charge is 2.24. The van der Waals surface area contributed by atoms with Crippen LogP contribution in [0, 0.1) is 6.92 Å². The molecule has 3 aromatic rings. The molecule has 0 spiro atoms. The minimum Gasteiger partial charge on any atom is -0.507 e. The monoisotopic (exact) mass is 366 g/mol. The quantitative estimate of drug-likeness (QED) is 0.628. The van der Waals surface area contributed by atoms with Crippen LogP contribution in [0.5, 0.6) is 5.75 Å². The Bertz CT molecular complexity index is 1020. The third kappa shape index (κ3) is 3.36. The summed E-state index contributed by atoms with van der Waals surface area (Å²) in [5, 5.41) is 11.0. The van der Waals surface area contributed by atoms with Crippen LogP contribution in [0.1, 0.15) is 11.3 Å². The second kappa shape index (κ2) is 7.18. The first-order valence-electron chi connectivity index (χ1n) is 9.53. The fraction of sp³-hybridized carbons (Fsp3) is 0.318. The standard InChI is InChI=1S/C22H24N2O3/c1-15-20(16-6-4-3-5-7-16)21(26)17-8-9-19(25)18(22(17)27-15)14-24-12-10-23(2)11-13-24/h3-9,25H,10-14H2,1-2H3/p+2. The highest BCUT2D eigenvalue weighted by Crippen LogP contribution is 2.29. The molecule has 27 heavy (non-hydrogen) atoms. The van der Waals surface area contributed by atoms with Gasteiger partial charge in [0, 0.05) is 0 Å². The first-order chi connectivity index (χ1) is 13.0. The third-order valence-electron chi connectivity index (χ3n) is 5.61. The van der Waals surface area contributed by atoms with Crippen LogP contribution in [0.2, 0.25) is 0 Å². The summed E-state index contributed by atoms with van der Waals surface area (Å²) in [5.74, 6) is 0.791. The van der Waals surface area contributed by atoms with Gasteiger partial charge >= 0.3 is 0 Å². The molecule has 140 valence electrons. The average molecular weight is 366 g/mol. The first-order valence-corrected chi connectivity index (χ1v) is 9.53. The van der Waals surface area contributed by atoms with E-state index in [1.165, 1.54) is 9.80 Å².